The number of hydrogen-bond donors (Lipinski definition) is 3. The van der Waals surface area contributed by atoms with Crippen LogP contribution in [0, 0.1) is 5.41 Å². The van der Waals surface area contributed by atoms with Crippen LogP contribution in [-0.4, -0.2) is 25.7 Å². The fourth-order valence-electron chi connectivity index (χ4n) is 2.03. The van der Waals surface area contributed by atoms with Crippen molar-refractivity contribution in [1.29, 1.82) is 0 Å². The molecule has 2 rings (SSSR count). The highest BCUT2D eigenvalue weighted by Gasteiger charge is 2.48. The van der Waals surface area contributed by atoms with Gasteiger partial charge in [-0.05, 0) is 40.5 Å². The molecule has 0 bridgehead atoms. The van der Waals surface area contributed by atoms with Crippen molar-refractivity contribution in [3.63, 3.8) is 0 Å². The largest absolute Gasteiger partial charge is 0.398 e. The highest BCUT2D eigenvalue weighted by atomic mass is 79.9. The molecular weight excluding hydrogens is 332 g/mol. The van der Waals surface area contributed by atoms with Gasteiger partial charge < -0.3 is 10.8 Å². The van der Waals surface area contributed by atoms with Gasteiger partial charge in [0.05, 0.1) is 11.0 Å². The summed E-state index contributed by atoms with van der Waals surface area (Å²) in [4.78, 5) is 0.158. The zero-order valence-electron chi connectivity index (χ0n) is 10.7. The van der Waals surface area contributed by atoms with Crippen LogP contribution in [0.4, 0.5) is 5.69 Å². The van der Waals surface area contributed by atoms with Gasteiger partial charge in [0.1, 0.15) is 0 Å². The lowest BCUT2D eigenvalue weighted by molar-refractivity contribution is -0.0645. The Bertz CT molecular complexity index is 601. The van der Waals surface area contributed by atoms with E-state index in [-0.39, 0.29) is 10.9 Å². The van der Waals surface area contributed by atoms with Crippen molar-refractivity contribution in [1.82, 2.24) is 4.72 Å². The molecule has 0 saturated heterocycles. The number of halogens is 1. The number of anilines is 1. The molecule has 106 valence electrons. The van der Waals surface area contributed by atoms with Crippen LogP contribution in [0.5, 0.6) is 0 Å². The Balaban J connectivity index is 2.22. The van der Waals surface area contributed by atoms with Gasteiger partial charge in [0, 0.05) is 21.6 Å². The maximum atomic E-state index is 12.2. The van der Waals surface area contributed by atoms with Gasteiger partial charge >= 0.3 is 0 Å². The van der Waals surface area contributed by atoms with Gasteiger partial charge in [0.25, 0.3) is 0 Å². The van der Waals surface area contributed by atoms with Crippen LogP contribution < -0.4 is 10.5 Å². The number of nitrogen functional groups attached to an aromatic ring is 1. The quantitative estimate of drug-likeness (QED) is 0.721. The van der Waals surface area contributed by atoms with E-state index in [2.05, 4.69) is 20.7 Å². The molecule has 1 aliphatic rings. The second kappa shape index (κ2) is 4.73. The Morgan fingerprint density at radius 1 is 1.47 bits per heavy atom. The van der Waals surface area contributed by atoms with Crippen LogP contribution in [0.2, 0.25) is 0 Å². The van der Waals surface area contributed by atoms with E-state index >= 15 is 0 Å². The van der Waals surface area contributed by atoms with Crippen molar-refractivity contribution < 1.29 is 13.5 Å². The van der Waals surface area contributed by atoms with Gasteiger partial charge in [-0.1, -0.05) is 13.8 Å². The number of hydrogen-bond acceptors (Lipinski definition) is 4. The Hall–Kier alpha value is -0.630. The number of nitrogens with one attached hydrogen (secondary N) is 1. The lowest BCUT2D eigenvalue weighted by atomic mass is 9.65. The summed E-state index contributed by atoms with van der Waals surface area (Å²) in [5.41, 5.74) is 5.67. The Morgan fingerprint density at radius 2 is 2.11 bits per heavy atom. The summed E-state index contributed by atoms with van der Waals surface area (Å²) in [5, 5.41) is 9.64. The van der Waals surface area contributed by atoms with E-state index in [9.17, 15) is 13.5 Å². The molecule has 1 aromatic carbocycles. The van der Waals surface area contributed by atoms with Gasteiger partial charge in [-0.15, -0.1) is 0 Å². The molecule has 7 heteroatoms. The van der Waals surface area contributed by atoms with E-state index in [1.807, 2.05) is 13.8 Å². The second-order valence-electron chi connectivity index (χ2n) is 5.43. The summed E-state index contributed by atoms with van der Waals surface area (Å²) < 4.78 is 27.6. The van der Waals surface area contributed by atoms with Gasteiger partial charge in [-0.3, -0.25) is 0 Å². The van der Waals surface area contributed by atoms with E-state index in [0.717, 1.165) is 0 Å². The molecule has 1 saturated carbocycles. The van der Waals surface area contributed by atoms with E-state index in [0.29, 0.717) is 16.6 Å². The smallest absolute Gasteiger partial charge is 0.240 e. The third-order valence-corrected chi connectivity index (χ3v) is 5.95. The van der Waals surface area contributed by atoms with Crippen molar-refractivity contribution in [3.05, 3.63) is 22.7 Å². The molecule has 0 radical (unpaired) electrons. The Labute approximate surface area is 121 Å². The molecule has 1 fully saturated rings. The van der Waals surface area contributed by atoms with E-state index in [1.165, 1.54) is 12.1 Å². The summed E-state index contributed by atoms with van der Waals surface area (Å²) in [5.74, 6) is 0. The first-order chi connectivity index (χ1) is 8.64. The van der Waals surface area contributed by atoms with Gasteiger partial charge in [-0.2, -0.15) is 0 Å². The summed E-state index contributed by atoms with van der Waals surface area (Å²) in [6.07, 6.45) is -0.0408. The van der Waals surface area contributed by atoms with Gasteiger partial charge in [0.15, 0.2) is 0 Å². The van der Waals surface area contributed by atoms with Crippen LogP contribution in [0.3, 0.4) is 0 Å². The highest BCUT2D eigenvalue weighted by molar-refractivity contribution is 9.10. The van der Waals surface area contributed by atoms with Crippen LogP contribution in [0.15, 0.2) is 27.6 Å². The average Bonchev–Trinajstić information content (AvgIpc) is 2.32. The molecule has 1 aliphatic carbocycles. The third-order valence-electron chi connectivity index (χ3n) is 3.80. The van der Waals surface area contributed by atoms with E-state index < -0.39 is 21.5 Å². The first-order valence-electron chi connectivity index (χ1n) is 5.90. The van der Waals surface area contributed by atoms with Crippen molar-refractivity contribution in [2.45, 2.75) is 37.3 Å². The normalized spacial score (nSPS) is 25.9. The van der Waals surface area contributed by atoms with Crippen molar-refractivity contribution in [2.75, 3.05) is 5.73 Å². The van der Waals surface area contributed by atoms with E-state index in [4.69, 9.17) is 5.73 Å². The molecule has 0 aromatic heterocycles. The molecule has 0 aliphatic heterocycles. The fourth-order valence-corrected chi connectivity index (χ4v) is 3.99. The topological polar surface area (TPSA) is 92.4 Å². The molecule has 1 aromatic rings. The SMILES string of the molecule is CC1(C)C(O)CC1NS(=O)(=O)c1ccc(N)c(Br)c1. The predicted molar refractivity (Wildman–Crippen MR) is 77.1 cm³/mol. The molecular formula is C12H17BrN2O3S. The molecule has 5 nitrogen and oxygen atoms in total. The molecule has 0 amide bonds. The molecule has 2 unspecified atom stereocenters. The molecule has 19 heavy (non-hydrogen) atoms. The lowest BCUT2D eigenvalue weighted by Crippen LogP contribution is -2.61. The van der Waals surface area contributed by atoms with E-state index in [1.54, 1.807) is 6.07 Å². The number of aliphatic hydroxyl groups excluding tert-OH is 1. The summed E-state index contributed by atoms with van der Waals surface area (Å²) in [6, 6.07) is 4.22. The number of rotatable bonds is 3. The van der Waals surface area contributed by atoms with Crippen molar-refractivity contribution in [3.8, 4) is 0 Å². The van der Waals surface area contributed by atoms with Crippen LogP contribution in [0.25, 0.3) is 0 Å². The third kappa shape index (κ3) is 2.65. The Kier molecular flexibility index (Phi) is 3.68. The average molecular weight is 349 g/mol. The molecule has 0 spiro atoms. The summed E-state index contributed by atoms with van der Waals surface area (Å²) in [6.45, 7) is 3.68. The predicted octanol–water partition coefficient (Wildman–Crippen LogP) is 1.47. The molecule has 4 N–H and O–H groups in total. The maximum absolute atomic E-state index is 12.2. The minimum atomic E-state index is -3.60. The number of aliphatic hydroxyl groups is 1. The Morgan fingerprint density at radius 3 is 2.58 bits per heavy atom. The second-order valence-corrected chi connectivity index (χ2v) is 8.00. The number of nitrogens with two attached hydrogens (primary N) is 1. The minimum Gasteiger partial charge on any atom is -0.398 e. The van der Waals surface area contributed by atoms with Crippen molar-refractivity contribution >= 4 is 31.6 Å². The standard InChI is InChI=1S/C12H17BrN2O3S/c1-12(2)10(6-11(12)16)15-19(17,18)7-3-4-9(14)8(13)5-7/h3-5,10-11,15-16H,6,14H2,1-2H3. The summed E-state index contributed by atoms with van der Waals surface area (Å²) >= 11 is 3.21. The van der Waals surface area contributed by atoms with Crippen molar-refractivity contribution in [2.24, 2.45) is 5.41 Å². The lowest BCUT2D eigenvalue weighted by Gasteiger charge is -2.49. The monoisotopic (exact) mass is 348 g/mol. The summed E-state index contributed by atoms with van der Waals surface area (Å²) in [7, 11) is -3.60. The first kappa shape index (κ1) is 14.8. The number of benzene rings is 1. The zero-order chi connectivity index (χ0) is 14.4. The van der Waals surface area contributed by atoms with Gasteiger partial charge in [-0.25, -0.2) is 13.1 Å². The van der Waals surface area contributed by atoms with Crippen LogP contribution >= 0.6 is 15.9 Å². The fraction of sp³-hybridized carbons (Fsp3) is 0.500. The first-order valence-corrected chi connectivity index (χ1v) is 8.17. The van der Waals surface area contributed by atoms with Gasteiger partial charge in [0.2, 0.25) is 10.0 Å². The van der Waals surface area contributed by atoms with Crippen LogP contribution in [0.1, 0.15) is 20.3 Å². The highest BCUT2D eigenvalue weighted by Crippen LogP contribution is 2.41. The number of sulfonamides is 1. The molecule has 0 heterocycles. The minimum absolute atomic E-state index is 0.158. The maximum Gasteiger partial charge on any atom is 0.240 e. The molecule has 2 atom stereocenters. The van der Waals surface area contributed by atoms with Crippen LogP contribution in [-0.2, 0) is 10.0 Å². The zero-order valence-corrected chi connectivity index (χ0v) is 13.1.